The number of hydrogen-bond acceptors (Lipinski definition) is 5. The van der Waals surface area contributed by atoms with Crippen molar-refractivity contribution in [2.24, 2.45) is 0 Å². The first kappa shape index (κ1) is 15.6. The Morgan fingerprint density at radius 1 is 1.29 bits per heavy atom. The predicted molar refractivity (Wildman–Crippen MR) is 75.8 cm³/mol. The van der Waals surface area contributed by atoms with Gasteiger partial charge in [-0.3, -0.25) is 0 Å². The van der Waals surface area contributed by atoms with E-state index in [4.69, 9.17) is 14.2 Å². The second-order valence-electron chi connectivity index (χ2n) is 4.35. The van der Waals surface area contributed by atoms with Crippen molar-refractivity contribution in [2.45, 2.75) is 50.3 Å². The minimum Gasteiger partial charge on any atom is -0.377 e. The van der Waals surface area contributed by atoms with Gasteiger partial charge >= 0.3 is 0 Å². The van der Waals surface area contributed by atoms with E-state index in [1.807, 2.05) is 37.4 Å². The van der Waals surface area contributed by atoms with Crippen LogP contribution in [0.15, 0.2) is 0 Å². The average Bonchev–Trinajstić information content (AvgIpc) is 2.61. The van der Waals surface area contributed by atoms with E-state index in [-0.39, 0.29) is 12.2 Å². The monoisotopic (exact) mass is 280 g/mol. The average molecular weight is 280 g/mol. The van der Waals surface area contributed by atoms with Crippen LogP contribution < -0.4 is 0 Å². The van der Waals surface area contributed by atoms with Gasteiger partial charge < -0.3 is 14.2 Å². The lowest BCUT2D eigenvalue weighted by Crippen LogP contribution is -2.38. The van der Waals surface area contributed by atoms with Gasteiger partial charge in [-0.25, -0.2) is 0 Å². The molecule has 0 saturated carbocycles. The maximum atomic E-state index is 5.90. The molecule has 17 heavy (non-hydrogen) atoms. The van der Waals surface area contributed by atoms with Crippen LogP contribution in [0.5, 0.6) is 0 Å². The number of thioether (sulfide) groups is 2. The van der Waals surface area contributed by atoms with E-state index in [2.05, 4.69) is 13.8 Å². The lowest BCUT2D eigenvalue weighted by molar-refractivity contribution is -0.152. The number of methoxy groups -OCH3 is 1. The van der Waals surface area contributed by atoms with Crippen LogP contribution >= 0.6 is 23.5 Å². The van der Waals surface area contributed by atoms with E-state index in [1.165, 1.54) is 0 Å². The molecule has 1 heterocycles. The van der Waals surface area contributed by atoms with E-state index < -0.39 is 5.79 Å². The third-order valence-corrected chi connectivity index (χ3v) is 5.28. The molecule has 0 bridgehead atoms. The van der Waals surface area contributed by atoms with Gasteiger partial charge in [0.1, 0.15) is 12.2 Å². The van der Waals surface area contributed by atoms with Gasteiger partial charge in [-0.05, 0) is 25.4 Å². The molecule has 1 aliphatic rings. The summed E-state index contributed by atoms with van der Waals surface area (Å²) in [5, 5.41) is 0. The van der Waals surface area contributed by atoms with Crippen LogP contribution in [0.2, 0.25) is 0 Å². The van der Waals surface area contributed by atoms with Gasteiger partial charge in [0, 0.05) is 7.11 Å². The fourth-order valence-corrected chi connectivity index (χ4v) is 4.69. The third kappa shape index (κ3) is 4.63. The highest BCUT2D eigenvalue weighted by molar-refractivity contribution is 8.17. The highest BCUT2D eigenvalue weighted by Crippen LogP contribution is 2.34. The molecule has 2 atom stereocenters. The van der Waals surface area contributed by atoms with Crippen LogP contribution in [0.4, 0.5) is 0 Å². The maximum absolute atomic E-state index is 5.90. The molecule has 1 rings (SSSR count). The smallest absolute Gasteiger partial charge is 0.163 e. The van der Waals surface area contributed by atoms with Crippen LogP contribution in [0, 0.1) is 0 Å². The second kappa shape index (κ2) is 7.24. The minimum absolute atomic E-state index is 0.0399. The topological polar surface area (TPSA) is 27.7 Å². The standard InChI is InChI=1S/C12H24O3S2/c1-6-16-11(17-7-2)10(13-5)9-8-14-12(3,4)15-9/h9-11H,6-8H2,1-5H3/t9-,10-/m1/s1. The third-order valence-electron chi connectivity index (χ3n) is 2.60. The molecule has 0 aromatic carbocycles. The molecule has 0 N–H and O–H groups in total. The molecule has 102 valence electrons. The number of hydrogen-bond donors (Lipinski definition) is 0. The first-order chi connectivity index (χ1) is 8.04. The van der Waals surface area contributed by atoms with E-state index in [1.54, 1.807) is 7.11 Å². The fourth-order valence-electron chi connectivity index (χ4n) is 1.88. The van der Waals surface area contributed by atoms with Crippen molar-refractivity contribution in [2.75, 3.05) is 25.2 Å². The highest BCUT2D eigenvalue weighted by atomic mass is 32.2. The Labute approximate surface area is 113 Å². The summed E-state index contributed by atoms with van der Waals surface area (Å²) in [5.74, 6) is 1.71. The molecule has 0 aliphatic carbocycles. The Balaban J connectivity index is 2.61. The Bertz CT molecular complexity index is 216. The molecule has 1 aliphatic heterocycles. The van der Waals surface area contributed by atoms with Crippen molar-refractivity contribution >= 4 is 23.5 Å². The van der Waals surface area contributed by atoms with Crippen molar-refractivity contribution in [3.05, 3.63) is 0 Å². The zero-order valence-electron chi connectivity index (χ0n) is 11.4. The molecule has 0 aromatic heterocycles. The van der Waals surface area contributed by atoms with E-state index in [9.17, 15) is 0 Å². The summed E-state index contributed by atoms with van der Waals surface area (Å²) in [6.07, 6.45) is 0.129. The lowest BCUT2D eigenvalue weighted by Gasteiger charge is -2.29. The summed E-state index contributed by atoms with van der Waals surface area (Å²) in [6, 6.07) is 0. The molecule has 0 unspecified atom stereocenters. The molecular formula is C12H24O3S2. The van der Waals surface area contributed by atoms with Gasteiger partial charge in [0.2, 0.25) is 0 Å². The van der Waals surface area contributed by atoms with E-state index in [0.717, 1.165) is 11.5 Å². The number of rotatable bonds is 7. The summed E-state index contributed by atoms with van der Waals surface area (Å²) in [5.41, 5.74) is 0. The van der Waals surface area contributed by atoms with Crippen LogP contribution in [0.25, 0.3) is 0 Å². The molecule has 1 fully saturated rings. The zero-order chi connectivity index (χ0) is 12.9. The first-order valence-electron chi connectivity index (χ1n) is 6.11. The van der Waals surface area contributed by atoms with E-state index >= 15 is 0 Å². The van der Waals surface area contributed by atoms with Gasteiger partial charge in [0.15, 0.2) is 5.79 Å². The summed E-state index contributed by atoms with van der Waals surface area (Å²) < 4.78 is 17.6. The predicted octanol–water partition coefficient (Wildman–Crippen LogP) is 2.99. The molecule has 3 nitrogen and oxygen atoms in total. The Hall–Kier alpha value is 0.580. The van der Waals surface area contributed by atoms with Crippen LogP contribution in [0.1, 0.15) is 27.7 Å². The van der Waals surface area contributed by atoms with Crippen molar-refractivity contribution < 1.29 is 14.2 Å². The SMILES string of the molecule is CCSC(SCC)[C@H](OC)[C@H]1COC(C)(C)O1. The highest BCUT2D eigenvalue weighted by Gasteiger charge is 2.40. The lowest BCUT2D eigenvalue weighted by atomic mass is 10.2. The van der Waals surface area contributed by atoms with Crippen LogP contribution in [-0.4, -0.2) is 47.8 Å². The van der Waals surface area contributed by atoms with Crippen molar-refractivity contribution in [1.82, 2.24) is 0 Å². The minimum atomic E-state index is -0.472. The Kier molecular flexibility index (Phi) is 6.66. The molecule has 0 spiro atoms. The molecule has 0 amide bonds. The van der Waals surface area contributed by atoms with Crippen LogP contribution in [0.3, 0.4) is 0 Å². The molecule has 0 aromatic rings. The summed E-state index contributed by atoms with van der Waals surface area (Å²) in [6.45, 7) is 8.88. The largest absolute Gasteiger partial charge is 0.377 e. The molecule has 1 saturated heterocycles. The van der Waals surface area contributed by atoms with Crippen molar-refractivity contribution in [1.29, 1.82) is 0 Å². The normalized spacial score (nSPS) is 25.4. The maximum Gasteiger partial charge on any atom is 0.163 e. The van der Waals surface area contributed by atoms with Crippen LogP contribution in [-0.2, 0) is 14.2 Å². The molecule has 0 radical (unpaired) electrons. The summed E-state index contributed by atoms with van der Waals surface area (Å²) in [4.78, 5) is 0. The van der Waals surface area contributed by atoms with Crippen molar-refractivity contribution in [3.63, 3.8) is 0 Å². The molecular weight excluding hydrogens is 256 g/mol. The molecule has 5 heteroatoms. The van der Waals surface area contributed by atoms with Gasteiger partial charge in [-0.1, -0.05) is 13.8 Å². The Morgan fingerprint density at radius 3 is 2.24 bits per heavy atom. The van der Waals surface area contributed by atoms with Gasteiger partial charge in [-0.15, -0.1) is 23.5 Å². The Morgan fingerprint density at radius 2 is 1.88 bits per heavy atom. The van der Waals surface area contributed by atoms with Crippen molar-refractivity contribution in [3.8, 4) is 0 Å². The van der Waals surface area contributed by atoms with Gasteiger partial charge in [-0.2, -0.15) is 0 Å². The second-order valence-corrected chi connectivity index (χ2v) is 7.48. The fraction of sp³-hybridized carbons (Fsp3) is 1.00. The zero-order valence-corrected chi connectivity index (χ0v) is 13.0. The number of ether oxygens (including phenoxy) is 3. The quantitative estimate of drug-likeness (QED) is 0.668. The van der Waals surface area contributed by atoms with E-state index in [0.29, 0.717) is 11.2 Å². The first-order valence-corrected chi connectivity index (χ1v) is 8.21. The van der Waals surface area contributed by atoms with Gasteiger partial charge in [0.05, 0.1) is 11.2 Å². The summed E-state index contributed by atoms with van der Waals surface area (Å²) >= 11 is 3.85. The van der Waals surface area contributed by atoms with Gasteiger partial charge in [0.25, 0.3) is 0 Å². The summed E-state index contributed by atoms with van der Waals surface area (Å²) in [7, 11) is 1.76.